The number of carbonyl (C=O) groups is 3. The lowest BCUT2D eigenvalue weighted by atomic mass is 9.80. The fourth-order valence-electron chi connectivity index (χ4n) is 3.04. The van der Waals surface area contributed by atoms with Crippen LogP contribution in [0, 0.1) is 10.8 Å². The molecule has 0 spiro atoms. The molecule has 0 saturated carbocycles. The van der Waals surface area contributed by atoms with Gasteiger partial charge in [0.2, 0.25) is 11.8 Å². The Morgan fingerprint density at radius 2 is 1.70 bits per heavy atom. The Balaban J connectivity index is 2.00. The number of ether oxygens (including phenoxy) is 1. The smallest absolute Gasteiger partial charge is 0.407 e. The van der Waals surface area contributed by atoms with E-state index in [1.54, 1.807) is 0 Å². The number of nitrogens with zero attached hydrogens (tertiary/aromatic N) is 1. The van der Waals surface area contributed by atoms with Gasteiger partial charge in [-0.2, -0.15) is 0 Å². The van der Waals surface area contributed by atoms with Gasteiger partial charge in [-0.3, -0.25) is 14.5 Å². The maximum Gasteiger partial charge on any atom is 0.407 e. The van der Waals surface area contributed by atoms with Crippen LogP contribution in [0.4, 0.5) is 4.79 Å². The first-order valence-electron chi connectivity index (χ1n) is 9.28. The van der Waals surface area contributed by atoms with Gasteiger partial charge < -0.3 is 10.1 Å². The van der Waals surface area contributed by atoms with E-state index < -0.39 is 12.1 Å². The van der Waals surface area contributed by atoms with Crippen molar-refractivity contribution in [1.82, 2.24) is 10.2 Å². The number of benzene rings is 1. The molecule has 0 aliphatic carbocycles. The quantitative estimate of drug-likeness (QED) is 0.801. The second kappa shape index (κ2) is 8.11. The van der Waals surface area contributed by atoms with Crippen molar-refractivity contribution in [2.45, 2.75) is 60.1 Å². The number of hydrogen-bond donors (Lipinski definition) is 1. The molecule has 1 aromatic carbocycles. The van der Waals surface area contributed by atoms with Gasteiger partial charge in [0, 0.05) is 19.4 Å². The molecule has 1 aliphatic heterocycles. The number of amides is 3. The topological polar surface area (TPSA) is 75.7 Å². The van der Waals surface area contributed by atoms with E-state index in [9.17, 15) is 14.4 Å². The van der Waals surface area contributed by atoms with Crippen LogP contribution in [-0.2, 0) is 20.9 Å². The molecule has 0 aromatic heterocycles. The van der Waals surface area contributed by atoms with E-state index in [-0.39, 0.29) is 35.8 Å². The van der Waals surface area contributed by atoms with Crippen LogP contribution in [0.5, 0.6) is 0 Å². The fraction of sp³-hybridized carbons (Fsp3) is 0.571. The molecule has 27 heavy (non-hydrogen) atoms. The maximum atomic E-state index is 12.4. The Morgan fingerprint density at radius 1 is 1.15 bits per heavy atom. The lowest BCUT2D eigenvalue weighted by Gasteiger charge is -2.39. The minimum atomic E-state index is -0.559. The van der Waals surface area contributed by atoms with Crippen molar-refractivity contribution in [3.05, 3.63) is 35.9 Å². The molecule has 1 fully saturated rings. The molecule has 1 N–H and O–H groups in total. The van der Waals surface area contributed by atoms with Crippen LogP contribution in [-0.4, -0.2) is 35.4 Å². The van der Waals surface area contributed by atoms with Gasteiger partial charge in [-0.05, 0) is 16.4 Å². The highest BCUT2D eigenvalue weighted by molar-refractivity contribution is 5.98. The molecule has 0 unspecified atom stereocenters. The molecule has 6 heteroatoms. The largest absolute Gasteiger partial charge is 0.445 e. The van der Waals surface area contributed by atoms with Crippen LogP contribution < -0.4 is 5.32 Å². The highest BCUT2D eigenvalue weighted by atomic mass is 16.5. The van der Waals surface area contributed by atoms with E-state index >= 15 is 0 Å². The number of piperidine rings is 1. The van der Waals surface area contributed by atoms with E-state index in [0.717, 1.165) is 5.56 Å². The summed E-state index contributed by atoms with van der Waals surface area (Å²) in [4.78, 5) is 38.4. The van der Waals surface area contributed by atoms with Crippen LogP contribution in [0.2, 0.25) is 0 Å². The normalized spacial score (nSPS) is 18.2. The Hall–Kier alpha value is -2.37. The average Bonchev–Trinajstić information content (AvgIpc) is 2.54. The number of hydrogen-bond acceptors (Lipinski definition) is 4. The van der Waals surface area contributed by atoms with Crippen molar-refractivity contribution in [1.29, 1.82) is 0 Å². The van der Waals surface area contributed by atoms with Crippen molar-refractivity contribution < 1.29 is 19.1 Å². The Kier molecular flexibility index (Phi) is 6.29. The molecule has 1 saturated heterocycles. The van der Waals surface area contributed by atoms with Gasteiger partial charge in [0.05, 0.1) is 6.04 Å². The number of imide groups is 1. The summed E-state index contributed by atoms with van der Waals surface area (Å²) in [7, 11) is 0. The third kappa shape index (κ3) is 6.08. The third-order valence-corrected chi connectivity index (χ3v) is 4.78. The molecule has 3 amide bonds. The number of likely N-dealkylation sites (tertiary alicyclic amines) is 1. The van der Waals surface area contributed by atoms with Crippen LogP contribution in [0.15, 0.2) is 30.3 Å². The molecule has 6 nitrogen and oxygen atoms in total. The molecule has 0 bridgehead atoms. The molecular formula is C21H30N2O4. The predicted octanol–water partition coefficient (Wildman–Crippen LogP) is 3.50. The van der Waals surface area contributed by atoms with Gasteiger partial charge >= 0.3 is 6.09 Å². The van der Waals surface area contributed by atoms with Gasteiger partial charge in [0.1, 0.15) is 6.61 Å². The molecule has 1 heterocycles. The van der Waals surface area contributed by atoms with Gasteiger partial charge in [-0.1, -0.05) is 65.0 Å². The number of carbonyl (C=O) groups excluding carboxylic acids is 3. The lowest BCUT2D eigenvalue weighted by molar-refractivity contribution is -0.153. The van der Waals surface area contributed by atoms with E-state index in [1.165, 1.54) is 4.90 Å². The molecule has 2 rings (SSSR count). The first-order valence-corrected chi connectivity index (χ1v) is 9.28. The van der Waals surface area contributed by atoms with Crippen molar-refractivity contribution in [2.75, 3.05) is 6.54 Å². The molecule has 1 aromatic rings. The summed E-state index contributed by atoms with van der Waals surface area (Å²) < 4.78 is 5.29. The fourth-order valence-corrected chi connectivity index (χ4v) is 3.04. The summed E-state index contributed by atoms with van der Waals surface area (Å²) in [5.41, 5.74) is 0.229. The second-order valence-electron chi connectivity index (χ2n) is 9.04. The zero-order chi connectivity index (χ0) is 20.2. The molecule has 1 aliphatic rings. The van der Waals surface area contributed by atoms with Crippen LogP contribution in [0.3, 0.4) is 0 Å². The van der Waals surface area contributed by atoms with Crippen LogP contribution in [0.1, 0.15) is 53.0 Å². The van der Waals surface area contributed by atoms with Gasteiger partial charge in [0.15, 0.2) is 0 Å². The predicted molar refractivity (Wildman–Crippen MR) is 103 cm³/mol. The van der Waals surface area contributed by atoms with Gasteiger partial charge in [0.25, 0.3) is 0 Å². The zero-order valence-corrected chi connectivity index (χ0v) is 16.9. The summed E-state index contributed by atoms with van der Waals surface area (Å²) in [5.74, 6) is -0.380. The van der Waals surface area contributed by atoms with Crippen molar-refractivity contribution in [2.24, 2.45) is 10.8 Å². The minimum Gasteiger partial charge on any atom is -0.445 e. The average molecular weight is 374 g/mol. The third-order valence-electron chi connectivity index (χ3n) is 4.78. The van der Waals surface area contributed by atoms with Crippen molar-refractivity contribution in [3.63, 3.8) is 0 Å². The van der Waals surface area contributed by atoms with Crippen molar-refractivity contribution in [3.8, 4) is 0 Å². The first-order chi connectivity index (χ1) is 12.5. The summed E-state index contributed by atoms with van der Waals surface area (Å²) in [6.45, 7) is 10.0. The van der Waals surface area contributed by atoms with Gasteiger partial charge in [-0.25, -0.2) is 4.79 Å². The summed E-state index contributed by atoms with van der Waals surface area (Å²) in [6.07, 6.45) is 0.0956. The maximum absolute atomic E-state index is 12.4. The Labute approximate surface area is 161 Å². The van der Waals surface area contributed by atoms with Crippen LogP contribution >= 0.6 is 0 Å². The molecule has 148 valence electrons. The Bertz CT molecular complexity index is 672. The van der Waals surface area contributed by atoms with E-state index in [4.69, 9.17) is 4.74 Å². The van der Waals surface area contributed by atoms with Crippen LogP contribution in [0.25, 0.3) is 0 Å². The highest BCUT2D eigenvalue weighted by Gasteiger charge is 2.40. The molecule has 0 radical (unpaired) electrons. The van der Waals surface area contributed by atoms with Crippen molar-refractivity contribution >= 4 is 17.9 Å². The summed E-state index contributed by atoms with van der Waals surface area (Å²) >= 11 is 0. The lowest BCUT2D eigenvalue weighted by Crippen LogP contribution is -2.56. The first kappa shape index (κ1) is 20.9. The minimum absolute atomic E-state index is 0.150. The molecular weight excluding hydrogens is 344 g/mol. The SMILES string of the molecule is CC1(C)CC(=O)N(C[C@@H](NC(=O)OCc2ccccc2)C(C)(C)C)C(=O)C1. The van der Waals surface area contributed by atoms with E-state index in [1.807, 2.05) is 65.0 Å². The van der Waals surface area contributed by atoms with Gasteiger partial charge in [-0.15, -0.1) is 0 Å². The van der Waals surface area contributed by atoms with E-state index in [2.05, 4.69) is 5.32 Å². The monoisotopic (exact) mass is 374 g/mol. The molecule has 1 atom stereocenters. The standard InChI is InChI=1S/C21H30N2O4/c1-20(2,3)16(13-23-17(24)11-21(4,5)12-18(23)25)22-19(26)27-14-15-9-7-6-8-10-15/h6-10,16H,11-14H2,1-5H3,(H,22,26)/t16-/m1/s1. The second-order valence-corrected chi connectivity index (χ2v) is 9.04. The number of rotatable bonds is 5. The summed E-state index contributed by atoms with van der Waals surface area (Å²) in [6, 6.07) is 9.00. The summed E-state index contributed by atoms with van der Waals surface area (Å²) in [5, 5.41) is 2.83. The number of nitrogens with one attached hydrogen (secondary N) is 1. The zero-order valence-electron chi connectivity index (χ0n) is 16.9. The Morgan fingerprint density at radius 3 is 2.22 bits per heavy atom. The highest BCUT2D eigenvalue weighted by Crippen LogP contribution is 2.32. The number of alkyl carbamates (subject to hydrolysis) is 1. The van der Waals surface area contributed by atoms with E-state index in [0.29, 0.717) is 12.8 Å².